The van der Waals surface area contributed by atoms with E-state index in [9.17, 15) is 9.90 Å². The number of hydrogen-bond donors (Lipinski definition) is 2. The first-order valence-electron chi connectivity index (χ1n) is 9.95. The van der Waals surface area contributed by atoms with E-state index in [1.807, 2.05) is 37.5 Å². The second kappa shape index (κ2) is 7.75. The van der Waals surface area contributed by atoms with Crippen LogP contribution in [0.2, 0.25) is 0 Å². The van der Waals surface area contributed by atoms with Gasteiger partial charge in [0, 0.05) is 38.2 Å². The maximum Gasteiger partial charge on any atom is 0.222 e. The molecule has 7 nitrogen and oxygen atoms in total. The molecular formula is C21H27N5O2. The molecule has 1 fully saturated rings. The van der Waals surface area contributed by atoms with Gasteiger partial charge in [0.05, 0.1) is 29.4 Å². The fraction of sp³-hybridized carbons (Fsp3) is 0.476. The molecule has 0 saturated heterocycles. The van der Waals surface area contributed by atoms with Crippen molar-refractivity contribution in [2.45, 2.75) is 51.3 Å². The highest BCUT2D eigenvalue weighted by molar-refractivity contribution is 5.78. The van der Waals surface area contributed by atoms with Crippen molar-refractivity contribution in [2.75, 3.05) is 0 Å². The number of nitrogens with one attached hydrogen (secondary N) is 1. The van der Waals surface area contributed by atoms with Crippen molar-refractivity contribution in [2.24, 2.45) is 13.0 Å². The van der Waals surface area contributed by atoms with E-state index in [1.165, 1.54) is 0 Å². The van der Waals surface area contributed by atoms with Crippen LogP contribution in [-0.4, -0.2) is 36.4 Å². The normalized spacial score (nSPS) is 20.1. The lowest BCUT2D eigenvalue weighted by Crippen LogP contribution is -2.41. The van der Waals surface area contributed by atoms with Crippen LogP contribution >= 0.6 is 0 Å². The first kappa shape index (κ1) is 18.7. The van der Waals surface area contributed by atoms with E-state index in [-0.39, 0.29) is 24.0 Å². The number of carbonyl (C=O) groups is 1. The SMILES string of the molecule is CCc1nc2ccccc2n1CCC(=O)N[C@@H](c1cnn(C)c1)C1CC(O)C1. The Bertz CT molecular complexity index is 970. The number of aromatic nitrogens is 4. The van der Waals surface area contributed by atoms with Gasteiger partial charge in [-0.2, -0.15) is 5.10 Å². The Hall–Kier alpha value is -2.67. The summed E-state index contributed by atoms with van der Waals surface area (Å²) in [6.07, 6.45) is 6.12. The summed E-state index contributed by atoms with van der Waals surface area (Å²) in [6, 6.07) is 7.94. The van der Waals surface area contributed by atoms with Crippen molar-refractivity contribution in [1.29, 1.82) is 0 Å². The van der Waals surface area contributed by atoms with Crippen LogP contribution in [0, 0.1) is 5.92 Å². The maximum absolute atomic E-state index is 12.8. The summed E-state index contributed by atoms with van der Waals surface area (Å²) in [5.41, 5.74) is 3.03. The maximum atomic E-state index is 12.8. The quantitative estimate of drug-likeness (QED) is 0.658. The number of amides is 1. The number of hydrogen-bond acceptors (Lipinski definition) is 4. The van der Waals surface area contributed by atoms with Crippen LogP contribution in [0.15, 0.2) is 36.7 Å². The molecule has 1 aliphatic carbocycles. The molecule has 3 aromatic rings. The van der Waals surface area contributed by atoms with Gasteiger partial charge >= 0.3 is 0 Å². The van der Waals surface area contributed by atoms with Crippen molar-refractivity contribution in [3.8, 4) is 0 Å². The number of nitrogens with zero attached hydrogens (tertiary/aromatic N) is 4. The minimum atomic E-state index is -0.259. The molecule has 1 aliphatic rings. The number of rotatable bonds is 7. The van der Waals surface area contributed by atoms with E-state index in [4.69, 9.17) is 0 Å². The Balaban J connectivity index is 1.46. The van der Waals surface area contributed by atoms with Gasteiger partial charge in [-0.15, -0.1) is 0 Å². The van der Waals surface area contributed by atoms with E-state index in [1.54, 1.807) is 10.9 Å². The number of carbonyl (C=O) groups excluding carboxylic acids is 1. The van der Waals surface area contributed by atoms with Crippen molar-refractivity contribution in [3.05, 3.63) is 48.0 Å². The molecule has 0 bridgehead atoms. The fourth-order valence-electron chi connectivity index (χ4n) is 4.08. The molecular weight excluding hydrogens is 354 g/mol. The summed E-state index contributed by atoms with van der Waals surface area (Å²) in [7, 11) is 1.87. The third-order valence-corrected chi connectivity index (χ3v) is 5.63. The number of aliphatic hydroxyl groups is 1. The van der Waals surface area contributed by atoms with Gasteiger partial charge in [-0.05, 0) is 30.9 Å². The zero-order valence-corrected chi connectivity index (χ0v) is 16.4. The lowest BCUT2D eigenvalue weighted by molar-refractivity contribution is -0.123. The average Bonchev–Trinajstić information content (AvgIpc) is 3.25. The second-order valence-electron chi connectivity index (χ2n) is 7.65. The monoisotopic (exact) mass is 381 g/mol. The van der Waals surface area contributed by atoms with Crippen LogP contribution in [0.25, 0.3) is 11.0 Å². The van der Waals surface area contributed by atoms with Gasteiger partial charge in [0.1, 0.15) is 5.82 Å². The van der Waals surface area contributed by atoms with E-state index in [0.29, 0.717) is 25.8 Å². The molecule has 1 amide bonds. The molecule has 2 N–H and O–H groups in total. The molecule has 1 saturated carbocycles. The first-order chi connectivity index (χ1) is 13.5. The molecule has 2 heterocycles. The Morgan fingerprint density at radius 1 is 1.36 bits per heavy atom. The smallest absolute Gasteiger partial charge is 0.222 e. The summed E-state index contributed by atoms with van der Waals surface area (Å²) in [4.78, 5) is 17.4. The van der Waals surface area contributed by atoms with Gasteiger partial charge in [-0.1, -0.05) is 19.1 Å². The minimum absolute atomic E-state index is 0.00933. The Morgan fingerprint density at radius 3 is 2.82 bits per heavy atom. The third-order valence-electron chi connectivity index (χ3n) is 5.63. The number of aliphatic hydroxyl groups excluding tert-OH is 1. The first-order valence-corrected chi connectivity index (χ1v) is 9.95. The van der Waals surface area contributed by atoms with Crippen LogP contribution in [0.4, 0.5) is 0 Å². The molecule has 0 spiro atoms. The number of benzene rings is 1. The molecule has 1 atom stereocenters. The summed E-state index contributed by atoms with van der Waals surface area (Å²) >= 11 is 0. The summed E-state index contributed by atoms with van der Waals surface area (Å²) in [6.45, 7) is 2.68. The van der Waals surface area contributed by atoms with Crippen LogP contribution in [-0.2, 0) is 24.8 Å². The highest BCUT2D eigenvalue weighted by Gasteiger charge is 2.36. The molecule has 148 valence electrons. The second-order valence-corrected chi connectivity index (χ2v) is 7.65. The van der Waals surface area contributed by atoms with Crippen LogP contribution in [0.5, 0.6) is 0 Å². The largest absolute Gasteiger partial charge is 0.393 e. The molecule has 2 aromatic heterocycles. The summed E-state index contributed by atoms with van der Waals surface area (Å²) in [5, 5.41) is 17.1. The topological polar surface area (TPSA) is 85.0 Å². The Labute approximate surface area is 164 Å². The molecule has 7 heteroatoms. The molecule has 1 aromatic carbocycles. The van der Waals surface area contributed by atoms with Crippen molar-refractivity contribution in [1.82, 2.24) is 24.6 Å². The Morgan fingerprint density at radius 2 is 2.14 bits per heavy atom. The predicted octanol–water partition coefficient (Wildman–Crippen LogP) is 2.35. The number of para-hydroxylation sites is 2. The highest BCUT2D eigenvalue weighted by Crippen LogP contribution is 2.38. The predicted molar refractivity (Wildman–Crippen MR) is 107 cm³/mol. The third kappa shape index (κ3) is 3.67. The van der Waals surface area contributed by atoms with Crippen LogP contribution in [0.3, 0.4) is 0 Å². The van der Waals surface area contributed by atoms with Crippen LogP contribution < -0.4 is 5.32 Å². The van der Waals surface area contributed by atoms with Crippen molar-refractivity contribution in [3.63, 3.8) is 0 Å². The number of imidazole rings is 1. The van der Waals surface area contributed by atoms with Gasteiger partial charge in [0.2, 0.25) is 5.91 Å². The molecule has 0 unspecified atom stereocenters. The van der Waals surface area contributed by atoms with Gasteiger partial charge in [0.15, 0.2) is 0 Å². The van der Waals surface area contributed by atoms with E-state index in [0.717, 1.165) is 28.8 Å². The van der Waals surface area contributed by atoms with Crippen molar-refractivity contribution >= 4 is 16.9 Å². The van der Waals surface area contributed by atoms with E-state index in [2.05, 4.69) is 26.9 Å². The molecule has 0 radical (unpaired) electrons. The van der Waals surface area contributed by atoms with E-state index >= 15 is 0 Å². The minimum Gasteiger partial charge on any atom is -0.393 e. The van der Waals surface area contributed by atoms with E-state index < -0.39 is 0 Å². The standard InChI is InChI=1S/C21H27N5O2/c1-3-19-23-17-6-4-5-7-18(17)26(19)9-8-20(28)24-21(14-10-16(27)11-14)15-12-22-25(2)13-15/h4-7,12-14,16,21,27H,3,8-11H2,1-2H3,(H,24,28)/t14?,16?,21-/m1/s1. The molecule has 4 rings (SSSR count). The molecule has 0 aliphatic heterocycles. The molecule has 28 heavy (non-hydrogen) atoms. The number of fused-ring (bicyclic) bond motifs is 1. The summed E-state index contributed by atoms with van der Waals surface area (Å²) in [5.74, 6) is 1.26. The lowest BCUT2D eigenvalue weighted by Gasteiger charge is -2.37. The van der Waals surface area contributed by atoms with Gasteiger partial charge in [0.25, 0.3) is 0 Å². The highest BCUT2D eigenvalue weighted by atomic mass is 16.3. The van der Waals surface area contributed by atoms with Gasteiger partial charge < -0.3 is 15.0 Å². The Kier molecular flexibility index (Phi) is 5.17. The average molecular weight is 381 g/mol. The van der Waals surface area contributed by atoms with Gasteiger partial charge in [-0.3, -0.25) is 9.48 Å². The van der Waals surface area contributed by atoms with Gasteiger partial charge in [-0.25, -0.2) is 4.98 Å². The fourth-order valence-corrected chi connectivity index (χ4v) is 4.08. The van der Waals surface area contributed by atoms with Crippen molar-refractivity contribution < 1.29 is 9.90 Å². The van der Waals surface area contributed by atoms with Crippen LogP contribution in [0.1, 0.15) is 43.6 Å². The zero-order valence-electron chi connectivity index (χ0n) is 16.4. The zero-order chi connectivity index (χ0) is 19.7. The number of aryl methyl sites for hydroxylation is 3. The lowest BCUT2D eigenvalue weighted by atomic mass is 9.75. The summed E-state index contributed by atoms with van der Waals surface area (Å²) < 4.78 is 3.88.